The van der Waals surface area contributed by atoms with E-state index in [1.165, 1.54) is 10.7 Å². The lowest BCUT2D eigenvalue weighted by atomic mass is 10.5. The van der Waals surface area contributed by atoms with Crippen molar-refractivity contribution >= 4 is 34.2 Å². The summed E-state index contributed by atoms with van der Waals surface area (Å²) in [6.07, 6.45) is 1.66. The highest BCUT2D eigenvalue weighted by Crippen LogP contribution is 2.03. The summed E-state index contributed by atoms with van der Waals surface area (Å²) >= 11 is 7.61. The summed E-state index contributed by atoms with van der Waals surface area (Å²) < 4.78 is 2.19. The molecule has 0 aliphatic heterocycles. The van der Waals surface area contributed by atoms with Crippen molar-refractivity contribution in [3.63, 3.8) is 0 Å². The van der Waals surface area contributed by atoms with Gasteiger partial charge in [-0.05, 0) is 28.7 Å². The summed E-state index contributed by atoms with van der Waals surface area (Å²) in [5.74, 6) is 0.206. The maximum Gasteiger partial charge on any atom is 0.227 e. The van der Waals surface area contributed by atoms with Crippen molar-refractivity contribution in [1.82, 2.24) is 20.0 Å². The second-order valence-electron chi connectivity index (χ2n) is 2.49. The van der Waals surface area contributed by atoms with Crippen LogP contribution in [0.3, 0.4) is 0 Å². The highest BCUT2D eigenvalue weighted by molar-refractivity contribution is 14.1. The summed E-state index contributed by atoms with van der Waals surface area (Å²) in [5, 5.41) is 10.5. The van der Waals surface area contributed by atoms with Crippen LogP contribution in [0.2, 0.25) is 5.15 Å². The van der Waals surface area contributed by atoms with E-state index in [0.29, 0.717) is 0 Å². The van der Waals surface area contributed by atoms with Gasteiger partial charge in [0.1, 0.15) is 8.85 Å². The smallest absolute Gasteiger partial charge is 0.227 e. The first-order valence-electron chi connectivity index (χ1n) is 3.63. The first-order chi connectivity index (χ1) is 6.66. The number of hydrogen-bond donors (Lipinski definition) is 1. The Balaban J connectivity index is 2.57. The van der Waals surface area contributed by atoms with E-state index >= 15 is 0 Å². The zero-order valence-corrected chi connectivity index (χ0v) is 9.65. The molecular weight excluding hydrogens is 318 g/mol. The Labute approximate surface area is 97.2 Å². The fourth-order valence-electron chi connectivity index (χ4n) is 0.957. The molecule has 2 heterocycles. The van der Waals surface area contributed by atoms with E-state index in [9.17, 15) is 4.79 Å². The molecule has 0 saturated carbocycles. The summed E-state index contributed by atoms with van der Waals surface area (Å²) in [7, 11) is 0. The Morgan fingerprint density at radius 3 is 2.93 bits per heavy atom. The van der Waals surface area contributed by atoms with E-state index in [-0.39, 0.29) is 16.4 Å². The molecule has 0 saturated heterocycles. The monoisotopic (exact) mass is 322 g/mol. The number of nitrogens with one attached hydrogen (secondary N) is 1. The first-order valence-corrected chi connectivity index (χ1v) is 5.09. The maximum atomic E-state index is 11.4. The van der Waals surface area contributed by atoms with Crippen molar-refractivity contribution in [1.29, 1.82) is 0 Å². The number of aromatic nitrogens is 4. The van der Waals surface area contributed by atoms with Crippen LogP contribution in [-0.2, 0) is 0 Å². The predicted molar refractivity (Wildman–Crippen MR) is 59.7 cm³/mol. The van der Waals surface area contributed by atoms with Gasteiger partial charge in [-0.3, -0.25) is 9.89 Å². The van der Waals surface area contributed by atoms with Crippen molar-refractivity contribution in [2.45, 2.75) is 0 Å². The Bertz CT molecular complexity index is 520. The minimum Gasteiger partial charge on any atom is -0.286 e. The third-order valence-corrected chi connectivity index (χ3v) is 2.29. The van der Waals surface area contributed by atoms with Crippen molar-refractivity contribution < 1.29 is 0 Å². The van der Waals surface area contributed by atoms with E-state index in [1.807, 2.05) is 22.6 Å². The van der Waals surface area contributed by atoms with Crippen LogP contribution in [0.1, 0.15) is 0 Å². The molecule has 0 aromatic carbocycles. The van der Waals surface area contributed by atoms with Gasteiger partial charge < -0.3 is 0 Å². The van der Waals surface area contributed by atoms with Crippen LogP contribution in [-0.4, -0.2) is 20.0 Å². The highest BCUT2D eigenvalue weighted by Gasteiger charge is 2.05. The standard InChI is InChI=1S/C7H4ClIN4O/c8-5-3-4(14)7(11-10-5)13-2-1-6(9)12-13/h1-3H,(H,10,14). The number of H-pyrrole nitrogens is 1. The minimum atomic E-state index is -0.270. The molecule has 0 fully saturated rings. The molecule has 72 valence electrons. The highest BCUT2D eigenvalue weighted by atomic mass is 127. The number of aromatic amines is 1. The van der Waals surface area contributed by atoms with Gasteiger partial charge in [-0.15, -0.1) is 0 Å². The molecule has 1 N–H and O–H groups in total. The quantitative estimate of drug-likeness (QED) is 0.803. The Kier molecular flexibility index (Phi) is 2.55. The molecule has 0 aliphatic carbocycles. The number of hydrogen-bond acceptors (Lipinski definition) is 3. The van der Waals surface area contributed by atoms with Crippen LogP contribution in [0.4, 0.5) is 0 Å². The van der Waals surface area contributed by atoms with Crippen LogP contribution >= 0.6 is 34.2 Å². The van der Waals surface area contributed by atoms with Gasteiger partial charge in [0.25, 0.3) is 0 Å². The molecule has 2 aromatic heterocycles. The summed E-state index contributed by atoms with van der Waals surface area (Å²) in [6.45, 7) is 0. The normalized spacial score (nSPS) is 10.4. The van der Waals surface area contributed by atoms with Gasteiger partial charge in [-0.2, -0.15) is 10.2 Å². The van der Waals surface area contributed by atoms with Crippen LogP contribution in [0.5, 0.6) is 0 Å². The Morgan fingerprint density at radius 2 is 2.36 bits per heavy atom. The first kappa shape index (κ1) is 9.66. The SMILES string of the molecule is O=c1cc(Cl)[nH]nc1-n1ccc(I)n1. The number of nitrogens with zero attached hydrogens (tertiary/aromatic N) is 3. The summed E-state index contributed by atoms with van der Waals surface area (Å²) in [5.41, 5.74) is -0.270. The van der Waals surface area contributed by atoms with E-state index in [4.69, 9.17) is 11.6 Å². The zero-order valence-electron chi connectivity index (χ0n) is 6.74. The fourth-order valence-corrected chi connectivity index (χ4v) is 1.49. The van der Waals surface area contributed by atoms with Gasteiger partial charge >= 0.3 is 0 Å². The van der Waals surface area contributed by atoms with E-state index < -0.39 is 0 Å². The lowest BCUT2D eigenvalue weighted by molar-refractivity contribution is 0.798. The average molecular weight is 322 g/mol. The zero-order chi connectivity index (χ0) is 10.1. The lowest BCUT2D eigenvalue weighted by Gasteiger charge is -1.97. The molecule has 5 nitrogen and oxygen atoms in total. The molecule has 0 bridgehead atoms. The lowest BCUT2D eigenvalue weighted by Crippen LogP contribution is -2.14. The van der Waals surface area contributed by atoms with Crippen LogP contribution in [0.15, 0.2) is 23.1 Å². The second-order valence-corrected chi connectivity index (χ2v) is 4.00. The molecule has 0 spiro atoms. The van der Waals surface area contributed by atoms with Crippen molar-refractivity contribution in [3.05, 3.63) is 37.4 Å². The molecule has 14 heavy (non-hydrogen) atoms. The Morgan fingerprint density at radius 1 is 1.57 bits per heavy atom. The van der Waals surface area contributed by atoms with Gasteiger partial charge in [0.05, 0.1) is 0 Å². The second kappa shape index (κ2) is 3.70. The molecule has 0 amide bonds. The van der Waals surface area contributed by atoms with E-state index in [2.05, 4.69) is 15.3 Å². The van der Waals surface area contributed by atoms with E-state index in [0.717, 1.165) is 3.70 Å². The maximum absolute atomic E-state index is 11.4. The molecule has 2 rings (SSSR count). The predicted octanol–water partition coefficient (Wildman–Crippen LogP) is 1.21. The molecule has 2 aromatic rings. The minimum absolute atomic E-state index is 0.206. The molecule has 0 unspecified atom stereocenters. The fraction of sp³-hybridized carbons (Fsp3) is 0. The van der Waals surface area contributed by atoms with Gasteiger partial charge in [0.15, 0.2) is 0 Å². The topological polar surface area (TPSA) is 63.6 Å². The molecule has 0 radical (unpaired) electrons. The van der Waals surface area contributed by atoms with Crippen LogP contribution in [0, 0.1) is 3.70 Å². The van der Waals surface area contributed by atoms with Crippen LogP contribution in [0.25, 0.3) is 5.82 Å². The largest absolute Gasteiger partial charge is 0.286 e. The molecular formula is C7H4ClIN4O. The third-order valence-electron chi connectivity index (χ3n) is 1.52. The summed E-state index contributed by atoms with van der Waals surface area (Å²) in [4.78, 5) is 11.4. The van der Waals surface area contributed by atoms with Crippen molar-refractivity contribution in [2.24, 2.45) is 0 Å². The van der Waals surface area contributed by atoms with E-state index in [1.54, 1.807) is 12.3 Å². The van der Waals surface area contributed by atoms with Crippen LogP contribution < -0.4 is 5.43 Å². The Hall–Kier alpha value is -0.890. The van der Waals surface area contributed by atoms with Crippen molar-refractivity contribution in [2.75, 3.05) is 0 Å². The van der Waals surface area contributed by atoms with Gasteiger partial charge in [0.2, 0.25) is 11.2 Å². The molecule has 7 heteroatoms. The van der Waals surface area contributed by atoms with Gasteiger partial charge in [-0.25, -0.2) is 4.68 Å². The van der Waals surface area contributed by atoms with Gasteiger partial charge in [-0.1, -0.05) is 11.6 Å². The molecule has 0 aliphatic rings. The average Bonchev–Trinajstić information content (AvgIpc) is 2.51. The summed E-state index contributed by atoms with van der Waals surface area (Å²) in [6, 6.07) is 3.04. The molecule has 0 atom stereocenters. The van der Waals surface area contributed by atoms with Crippen molar-refractivity contribution in [3.8, 4) is 5.82 Å². The number of halogens is 2. The van der Waals surface area contributed by atoms with Gasteiger partial charge in [0, 0.05) is 12.3 Å². The number of rotatable bonds is 1. The third kappa shape index (κ3) is 1.80.